The van der Waals surface area contributed by atoms with Crippen LogP contribution in [-0.4, -0.2) is 55.3 Å². The Morgan fingerprint density at radius 1 is 1.39 bits per heavy atom. The average molecular weight is 276 g/mol. The molecular weight excluding hydrogens is 256 g/mol. The van der Waals surface area contributed by atoms with E-state index in [1.54, 1.807) is 20.8 Å². The average Bonchev–Trinajstić information content (AvgIpc) is 2.58. The maximum absolute atomic E-state index is 11.9. The molecule has 1 heterocycles. The second-order valence-electron chi connectivity index (χ2n) is 4.78. The molecule has 0 aromatic rings. The van der Waals surface area contributed by atoms with Gasteiger partial charge in [0.15, 0.2) is 9.84 Å². The van der Waals surface area contributed by atoms with E-state index in [1.165, 1.54) is 4.90 Å². The van der Waals surface area contributed by atoms with Crippen LogP contribution in [0.3, 0.4) is 0 Å². The first-order valence-electron chi connectivity index (χ1n) is 6.08. The molecule has 18 heavy (non-hydrogen) atoms. The van der Waals surface area contributed by atoms with Gasteiger partial charge in [0.25, 0.3) is 0 Å². The molecule has 1 rings (SSSR count). The minimum atomic E-state index is -3.06. The van der Waals surface area contributed by atoms with Gasteiger partial charge in [-0.25, -0.2) is 8.42 Å². The van der Waals surface area contributed by atoms with E-state index >= 15 is 0 Å². The zero-order valence-corrected chi connectivity index (χ0v) is 11.8. The molecule has 1 atom stereocenters. The number of rotatable bonds is 3. The predicted molar refractivity (Wildman–Crippen MR) is 67.7 cm³/mol. The van der Waals surface area contributed by atoms with Crippen LogP contribution in [-0.2, 0) is 19.4 Å². The largest absolute Gasteiger partial charge is 0.346 e. The fourth-order valence-corrected chi connectivity index (χ4v) is 3.77. The summed E-state index contributed by atoms with van der Waals surface area (Å²) in [4.78, 5) is 24.9. The summed E-state index contributed by atoms with van der Waals surface area (Å²) in [5.74, 6) is -1.26. The number of nitrogens with one attached hydrogen (secondary N) is 1. The highest BCUT2D eigenvalue weighted by molar-refractivity contribution is 7.91. The summed E-state index contributed by atoms with van der Waals surface area (Å²) in [7, 11) is -3.06. The van der Waals surface area contributed by atoms with Crippen molar-refractivity contribution >= 4 is 21.7 Å². The van der Waals surface area contributed by atoms with Crippen molar-refractivity contribution in [2.24, 2.45) is 0 Å². The fraction of sp³-hybridized carbons (Fsp3) is 0.818. The van der Waals surface area contributed by atoms with Gasteiger partial charge in [0, 0.05) is 18.6 Å². The zero-order chi connectivity index (χ0) is 13.9. The third kappa shape index (κ3) is 3.69. The van der Waals surface area contributed by atoms with Gasteiger partial charge in [0.1, 0.15) is 0 Å². The van der Waals surface area contributed by atoms with Gasteiger partial charge in [-0.2, -0.15) is 0 Å². The monoisotopic (exact) mass is 276 g/mol. The summed E-state index contributed by atoms with van der Waals surface area (Å²) in [6.07, 6.45) is 0.414. The Kier molecular flexibility index (Phi) is 4.72. The Balaban J connectivity index is 2.72. The quantitative estimate of drug-likeness (QED) is 0.707. The summed E-state index contributed by atoms with van der Waals surface area (Å²) in [5.41, 5.74) is 0. The van der Waals surface area contributed by atoms with Crippen molar-refractivity contribution < 1.29 is 18.0 Å². The van der Waals surface area contributed by atoms with E-state index in [0.717, 1.165) is 0 Å². The lowest BCUT2D eigenvalue weighted by Crippen LogP contribution is -2.49. The van der Waals surface area contributed by atoms with E-state index in [2.05, 4.69) is 5.32 Å². The molecule has 6 nitrogen and oxygen atoms in total. The van der Waals surface area contributed by atoms with Crippen LogP contribution in [0, 0.1) is 0 Å². The fourth-order valence-electron chi connectivity index (χ4n) is 2.04. The lowest BCUT2D eigenvalue weighted by molar-refractivity contribution is -0.147. The Hall–Kier alpha value is -1.11. The second-order valence-corrected chi connectivity index (χ2v) is 7.00. The van der Waals surface area contributed by atoms with Gasteiger partial charge < -0.3 is 10.2 Å². The molecule has 1 fully saturated rings. The number of hydrogen-bond donors (Lipinski definition) is 1. The number of likely N-dealkylation sites (N-methyl/N-ethyl adjacent to an activating group) is 1. The molecule has 1 aliphatic rings. The van der Waals surface area contributed by atoms with Crippen LogP contribution in [0.4, 0.5) is 0 Å². The molecule has 104 valence electrons. The van der Waals surface area contributed by atoms with E-state index in [4.69, 9.17) is 0 Å². The van der Waals surface area contributed by atoms with Gasteiger partial charge in [0.05, 0.1) is 11.5 Å². The third-order valence-electron chi connectivity index (χ3n) is 2.86. The molecule has 0 spiro atoms. The highest BCUT2D eigenvalue weighted by atomic mass is 32.2. The number of hydrogen-bond acceptors (Lipinski definition) is 4. The van der Waals surface area contributed by atoms with Crippen molar-refractivity contribution in [3.05, 3.63) is 0 Å². The van der Waals surface area contributed by atoms with Crippen molar-refractivity contribution in [1.82, 2.24) is 10.2 Å². The lowest BCUT2D eigenvalue weighted by atomic mass is 10.2. The molecule has 1 unspecified atom stereocenters. The highest BCUT2D eigenvalue weighted by Gasteiger charge is 2.35. The van der Waals surface area contributed by atoms with Gasteiger partial charge in [0.2, 0.25) is 0 Å². The Bertz CT molecular complexity index is 430. The Morgan fingerprint density at radius 2 is 2.00 bits per heavy atom. The Labute approximate surface area is 108 Å². The first-order valence-corrected chi connectivity index (χ1v) is 7.91. The third-order valence-corrected chi connectivity index (χ3v) is 4.62. The first-order chi connectivity index (χ1) is 8.26. The van der Waals surface area contributed by atoms with Gasteiger partial charge in [-0.3, -0.25) is 9.59 Å². The molecule has 1 saturated heterocycles. The summed E-state index contributed by atoms with van der Waals surface area (Å²) in [6, 6.07) is -0.488. The second kappa shape index (κ2) is 5.69. The van der Waals surface area contributed by atoms with Crippen LogP contribution in [0.25, 0.3) is 0 Å². The molecule has 0 aliphatic carbocycles. The number of nitrogens with zero attached hydrogens (tertiary/aromatic N) is 1. The molecule has 0 radical (unpaired) electrons. The molecule has 0 aromatic heterocycles. The zero-order valence-electron chi connectivity index (χ0n) is 11.0. The van der Waals surface area contributed by atoms with E-state index in [1.807, 2.05) is 0 Å². The van der Waals surface area contributed by atoms with E-state index in [-0.39, 0.29) is 23.6 Å². The minimum absolute atomic E-state index is 0.0401. The normalized spacial score (nSPS) is 21.9. The van der Waals surface area contributed by atoms with Crippen molar-refractivity contribution in [3.63, 3.8) is 0 Å². The molecule has 2 amide bonds. The summed E-state index contributed by atoms with van der Waals surface area (Å²) >= 11 is 0. The van der Waals surface area contributed by atoms with Crippen molar-refractivity contribution in [2.75, 3.05) is 18.1 Å². The Morgan fingerprint density at radius 3 is 2.39 bits per heavy atom. The number of sulfone groups is 1. The summed E-state index contributed by atoms with van der Waals surface area (Å²) in [6.45, 7) is 5.61. The predicted octanol–water partition coefficient (Wildman–Crippen LogP) is -0.453. The molecule has 0 bridgehead atoms. The summed E-state index contributed by atoms with van der Waals surface area (Å²) in [5, 5.41) is 2.52. The van der Waals surface area contributed by atoms with Crippen LogP contribution in [0.1, 0.15) is 27.2 Å². The lowest BCUT2D eigenvalue weighted by Gasteiger charge is -2.26. The molecule has 0 aromatic carbocycles. The van der Waals surface area contributed by atoms with Crippen LogP contribution >= 0.6 is 0 Å². The van der Waals surface area contributed by atoms with Gasteiger partial charge in [-0.05, 0) is 27.2 Å². The maximum Gasteiger partial charge on any atom is 0.312 e. The maximum atomic E-state index is 11.9. The smallest absolute Gasteiger partial charge is 0.312 e. The summed E-state index contributed by atoms with van der Waals surface area (Å²) < 4.78 is 22.8. The first kappa shape index (κ1) is 14.9. The van der Waals surface area contributed by atoms with Crippen LogP contribution in [0.15, 0.2) is 0 Å². The van der Waals surface area contributed by atoms with E-state index in [0.29, 0.717) is 13.0 Å². The number of carbonyl (C=O) groups excluding carboxylic acids is 2. The topological polar surface area (TPSA) is 83.6 Å². The highest BCUT2D eigenvalue weighted by Crippen LogP contribution is 2.17. The van der Waals surface area contributed by atoms with E-state index < -0.39 is 21.7 Å². The van der Waals surface area contributed by atoms with Gasteiger partial charge in [-0.15, -0.1) is 0 Å². The van der Waals surface area contributed by atoms with Crippen LogP contribution in [0.2, 0.25) is 0 Å². The SMILES string of the molecule is CCN(C(=O)C(=O)NC(C)C)C1CCS(=O)(=O)C1. The molecule has 1 N–H and O–H groups in total. The number of carbonyl (C=O) groups is 2. The standard InChI is InChI=1S/C11H20N2O4S/c1-4-13(9-5-6-18(16,17)7-9)11(15)10(14)12-8(2)3/h8-9H,4-7H2,1-3H3,(H,12,14). The van der Waals surface area contributed by atoms with E-state index in [9.17, 15) is 18.0 Å². The van der Waals surface area contributed by atoms with Crippen LogP contribution < -0.4 is 5.32 Å². The molecule has 1 aliphatic heterocycles. The van der Waals surface area contributed by atoms with Crippen molar-refractivity contribution in [3.8, 4) is 0 Å². The van der Waals surface area contributed by atoms with Crippen molar-refractivity contribution in [2.45, 2.75) is 39.3 Å². The van der Waals surface area contributed by atoms with Gasteiger partial charge in [-0.1, -0.05) is 0 Å². The molecular formula is C11H20N2O4S. The van der Waals surface area contributed by atoms with Gasteiger partial charge >= 0.3 is 11.8 Å². The molecule has 0 saturated carbocycles. The van der Waals surface area contributed by atoms with Crippen LogP contribution in [0.5, 0.6) is 0 Å². The molecule has 7 heteroatoms. The number of amides is 2. The van der Waals surface area contributed by atoms with Crippen molar-refractivity contribution in [1.29, 1.82) is 0 Å². The minimum Gasteiger partial charge on any atom is -0.346 e.